The maximum Gasteiger partial charge on any atom is 0.335 e. The number of nitrogens with zero attached hydrogens (tertiary/aromatic N) is 3. The van der Waals surface area contributed by atoms with Gasteiger partial charge in [-0.25, -0.2) is 9.78 Å². The number of halogens is 2. The van der Waals surface area contributed by atoms with Gasteiger partial charge in [0.15, 0.2) is 0 Å². The highest BCUT2D eigenvalue weighted by atomic mass is 35.5. The normalized spacial score (nSPS) is 11.4. The fourth-order valence-corrected chi connectivity index (χ4v) is 4.77. The van der Waals surface area contributed by atoms with E-state index in [-0.39, 0.29) is 17.4 Å². The average Bonchev–Trinajstić information content (AvgIpc) is 2.98. The molecule has 0 atom stereocenters. The van der Waals surface area contributed by atoms with Crippen LogP contribution in [0, 0.1) is 0 Å². The van der Waals surface area contributed by atoms with Crippen LogP contribution >= 0.6 is 23.2 Å². The Kier molecular flexibility index (Phi) is 8.95. The molecule has 0 aromatic heterocycles. The monoisotopic (exact) mass is 610 g/mol. The predicted octanol–water partition coefficient (Wildman–Crippen LogP) is 8.58. The van der Waals surface area contributed by atoms with Crippen LogP contribution in [-0.4, -0.2) is 31.8 Å². The number of rotatable bonds is 5. The Morgan fingerprint density at radius 1 is 0.860 bits per heavy atom. The Labute approximate surface area is 258 Å². The SMILES string of the molecule is CC(C)N=c1cc2n(-c3ccc(Cl)cc3)c3ccccc3nc-2cc1Nc1ccc(Cl)cc1.O=C(O)c1cccc(O)c1. The number of carbonyl (C=O) groups is 1. The molecule has 1 aliphatic heterocycles. The molecule has 216 valence electrons. The Morgan fingerprint density at radius 3 is 2.16 bits per heavy atom. The second-order valence-corrected chi connectivity index (χ2v) is 10.9. The first-order chi connectivity index (χ1) is 20.7. The van der Waals surface area contributed by atoms with Gasteiger partial charge < -0.3 is 20.1 Å². The minimum absolute atomic E-state index is 0.0279. The van der Waals surface area contributed by atoms with Crippen molar-refractivity contribution in [2.75, 3.05) is 5.32 Å². The summed E-state index contributed by atoms with van der Waals surface area (Å²) in [5.41, 5.74) is 6.69. The van der Waals surface area contributed by atoms with Gasteiger partial charge in [-0.2, -0.15) is 0 Å². The van der Waals surface area contributed by atoms with Crippen LogP contribution in [0.1, 0.15) is 24.2 Å². The van der Waals surface area contributed by atoms with Crippen LogP contribution < -0.4 is 10.7 Å². The smallest absolute Gasteiger partial charge is 0.335 e. The van der Waals surface area contributed by atoms with Gasteiger partial charge in [-0.15, -0.1) is 0 Å². The zero-order chi connectivity index (χ0) is 30.5. The Morgan fingerprint density at radius 2 is 1.53 bits per heavy atom. The highest BCUT2D eigenvalue weighted by Gasteiger charge is 2.17. The molecule has 0 unspecified atom stereocenters. The van der Waals surface area contributed by atoms with Gasteiger partial charge in [0.25, 0.3) is 0 Å². The van der Waals surface area contributed by atoms with Crippen molar-refractivity contribution in [3.05, 3.63) is 130 Å². The van der Waals surface area contributed by atoms with Gasteiger partial charge in [0.2, 0.25) is 0 Å². The fourth-order valence-electron chi connectivity index (χ4n) is 4.52. The molecule has 3 N–H and O–H groups in total. The molecule has 0 radical (unpaired) electrons. The lowest BCUT2D eigenvalue weighted by Gasteiger charge is -2.20. The van der Waals surface area contributed by atoms with Gasteiger partial charge in [0.05, 0.1) is 39.0 Å². The molecular weight excluding hydrogens is 583 g/mol. The summed E-state index contributed by atoms with van der Waals surface area (Å²) in [6, 6.07) is 33.4. The number of fused-ring (bicyclic) bond motifs is 2. The van der Waals surface area contributed by atoms with Crippen LogP contribution in [0.2, 0.25) is 10.0 Å². The third kappa shape index (κ3) is 7.15. The summed E-state index contributed by atoms with van der Waals surface area (Å²) in [6.45, 7) is 4.14. The molecular formula is C34H28Cl2N4O3. The van der Waals surface area contributed by atoms with Gasteiger partial charge in [-0.1, -0.05) is 41.4 Å². The summed E-state index contributed by atoms with van der Waals surface area (Å²) in [7, 11) is 0. The summed E-state index contributed by atoms with van der Waals surface area (Å²) >= 11 is 12.2. The number of nitrogens with one attached hydrogen (secondary N) is 1. The van der Waals surface area contributed by atoms with E-state index in [1.54, 1.807) is 0 Å². The lowest BCUT2D eigenvalue weighted by atomic mass is 10.1. The highest BCUT2D eigenvalue weighted by Crippen LogP contribution is 2.31. The molecule has 0 amide bonds. The molecule has 2 aliphatic rings. The minimum atomic E-state index is -1.03. The van der Waals surface area contributed by atoms with Crippen molar-refractivity contribution in [1.29, 1.82) is 0 Å². The zero-order valence-electron chi connectivity index (χ0n) is 23.4. The van der Waals surface area contributed by atoms with Crippen LogP contribution in [0.15, 0.2) is 114 Å². The highest BCUT2D eigenvalue weighted by molar-refractivity contribution is 6.30. The van der Waals surface area contributed by atoms with Crippen LogP contribution in [0.25, 0.3) is 28.1 Å². The van der Waals surface area contributed by atoms with Gasteiger partial charge in [0.1, 0.15) is 5.75 Å². The predicted molar refractivity (Wildman–Crippen MR) is 173 cm³/mol. The average molecular weight is 612 g/mol. The maximum absolute atomic E-state index is 10.2. The molecule has 43 heavy (non-hydrogen) atoms. The second kappa shape index (κ2) is 13.0. The van der Waals surface area contributed by atoms with Crippen molar-refractivity contribution in [2.24, 2.45) is 4.99 Å². The lowest BCUT2D eigenvalue weighted by molar-refractivity contribution is 0.0696. The third-order valence-corrected chi connectivity index (χ3v) is 6.90. The first-order valence-corrected chi connectivity index (χ1v) is 14.2. The first-order valence-electron chi connectivity index (χ1n) is 13.5. The molecule has 1 aliphatic carbocycles. The number of aromatic hydroxyl groups is 1. The van der Waals surface area contributed by atoms with Crippen molar-refractivity contribution >= 4 is 51.6 Å². The molecule has 1 heterocycles. The van der Waals surface area contributed by atoms with Gasteiger partial charge >= 0.3 is 5.97 Å². The van der Waals surface area contributed by atoms with Crippen LogP contribution in [0.5, 0.6) is 5.75 Å². The number of carboxylic acid groups (broad SMARTS) is 1. The number of phenolic OH excluding ortho intramolecular Hbond substituents is 1. The summed E-state index contributed by atoms with van der Waals surface area (Å²) < 4.78 is 2.21. The molecule has 0 fully saturated rings. The Hall–Kier alpha value is -4.85. The summed E-state index contributed by atoms with van der Waals surface area (Å²) in [4.78, 5) is 20.1. The second-order valence-electron chi connectivity index (χ2n) is 9.98. The first kappa shape index (κ1) is 29.6. The number of phenols is 1. The topological polar surface area (TPSA) is 99.7 Å². The minimum Gasteiger partial charge on any atom is -0.508 e. The molecule has 0 spiro atoms. The Balaban J connectivity index is 0.000000314. The molecule has 9 heteroatoms. The van der Waals surface area contributed by atoms with E-state index in [0.717, 1.165) is 44.8 Å². The largest absolute Gasteiger partial charge is 0.508 e. The van der Waals surface area contributed by atoms with E-state index < -0.39 is 5.97 Å². The van der Waals surface area contributed by atoms with Crippen LogP contribution in [-0.2, 0) is 0 Å². The number of hydrogen-bond donors (Lipinski definition) is 3. The van der Waals surface area contributed by atoms with E-state index in [1.165, 1.54) is 24.3 Å². The number of aromatic carboxylic acids is 1. The van der Waals surface area contributed by atoms with E-state index in [1.807, 2.05) is 66.7 Å². The van der Waals surface area contributed by atoms with Crippen molar-refractivity contribution < 1.29 is 15.0 Å². The molecule has 4 aromatic carbocycles. The van der Waals surface area contributed by atoms with Crippen molar-refractivity contribution in [1.82, 2.24) is 9.55 Å². The number of anilines is 2. The number of benzene rings is 5. The number of carboxylic acids is 1. The van der Waals surface area contributed by atoms with Crippen molar-refractivity contribution in [3.63, 3.8) is 0 Å². The Bertz CT molecular complexity index is 1940. The molecule has 7 nitrogen and oxygen atoms in total. The van der Waals surface area contributed by atoms with Crippen LogP contribution in [0.3, 0.4) is 0 Å². The number of hydrogen-bond acceptors (Lipinski definition) is 5. The van der Waals surface area contributed by atoms with E-state index in [0.29, 0.717) is 10.0 Å². The molecule has 6 rings (SSSR count). The molecule has 0 bridgehead atoms. The van der Waals surface area contributed by atoms with Gasteiger partial charge in [-0.3, -0.25) is 4.99 Å². The molecule has 0 saturated carbocycles. The number of aromatic nitrogens is 2. The lowest BCUT2D eigenvalue weighted by Crippen LogP contribution is -2.16. The maximum atomic E-state index is 10.2. The summed E-state index contributed by atoms with van der Waals surface area (Å²) in [6.07, 6.45) is 0. The van der Waals surface area contributed by atoms with E-state index >= 15 is 0 Å². The van der Waals surface area contributed by atoms with E-state index in [2.05, 4.69) is 41.9 Å². The molecule has 4 aromatic rings. The quantitative estimate of drug-likeness (QED) is 0.170. The fraction of sp³-hybridized carbons (Fsp3) is 0.0882. The van der Waals surface area contributed by atoms with Crippen LogP contribution in [0.4, 0.5) is 11.4 Å². The van der Waals surface area contributed by atoms with Crippen molar-refractivity contribution in [2.45, 2.75) is 19.9 Å². The standard InChI is InChI=1S/C27H22Cl2N4.C7H6O3/c1-17(2)30-24-16-27-25(15-23(24)31-20-11-7-18(28)8-12-20)32-22-5-3-4-6-26(22)33(27)21-13-9-19(29)10-14-21;8-6-3-1-2-5(4-6)7(9)10/h3-17,31H,1-2H3;1-4,8H,(H,9,10). The van der Waals surface area contributed by atoms with E-state index in [4.69, 9.17) is 43.4 Å². The zero-order valence-corrected chi connectivity index (χ0v) is 24.9. The third-order valence-electron chi connectivity index (χ3n) is 6.40. The van der Waals surface area contributed by atoms with E-state index in [9.17, 15) is 4.79 Å². The summed E-state index contributed by atoms with van der Waals surface area (Å²) in [5.74, 6) is -1.06. The van der Waals surface area contributed by atoms with Crippen molar-refractivity contribution in [3.8, 4) is 22.8 Å². The van der Waals surface area contributed by atoms with Gasteiger partial charge in [-0.05, 0) is 105 Å². The number of para-hydroxylation sites is 2. The molecule has 0 saturated heterocycles. The summed E-state index contributed by atoms with van der Waals surface area (Å²) in [5, 5.41) is 23.0. The van der Waals surface area contributed by atoms with Gasteiger partial charge in [0, 0.05) is 27.5 Å².